The van der Waals surface area contributed by atoms with Gasteiger partial charge in [-0.15, -0.1) is 0 Å². The van der Waals surface area contributed by atoms with E-state index in [0.717, 1.165) is 16.5 Å². The molecule has 0 saturated carbocycles. The number of nitrogen functional groups attached to an aromatic ring is 1. The summed E-state index contributed by atoms with van der Waals surface area (Å²) in [6, 6.07) is 14.1. The summed E-state index contributed by atoms with van der Waals surface area (Å²) in [4.78, 5) is 4.25. The molecule has 0 saturated heterocycles. The highest BCUT2D eigenvalue weighted by molar-refractivity contribution is 5.78. The van der Waals surface area contributed by atoms with E-state index in [0.29, 0.717) is 12.3 Å². The molecule has 0 spiro atoms. The van der Waals surface area contributed by atoms with Crippen molar-refractivity contribution in [3.63, 3.8) is 0 Å². The van der Waals surface area contributed by atoms with Crippen LogP contribution in [0.15, 0.2) is 54.7 Å². The highest BCUT2D eigenvalue weighted by Gasteiger charge is 2.04. The lowest BCUT2D eigenvalue weighted by atomic mass is 10.1. The molecule has 1 aromatic heterocycles. The lowest BCUT2D eigenvalue weighted by Crippen LogP contribution is -1.98. The van der Waals surface area contributed by atoms with E-state index >= 15 is 0 Å². The van der Waals surface area contributed by atoms with Crippen LogP contribution in [0, 0.1) is 5.82 Å². The molecule has 0 bridgehead atoms. The highest BCUT2D eigenvalue weighted by Crippen LogP contribution is 2.21. The summed E-state index contributed by atoms with van der Waals surface area (Å²) in [5.74, 6) is -0.252. The van der Waals surface area contributed by atoms with E-state index in [2.05, 4.69) is 4.98 Å². The Balaban J connectivity index is 1.79. The van der Waals surface area contributed by atoms with Crippen LogP contribution in [0.1, 0.15) is 5.56 Å². The standard InChI is InChI=1S/C16H13FN2O/c17-14-9-13(18)4-6-16(14)20-10-11-3-5-15-12(8-11)2-1-7-19-15/h1-9H,10,18H2. The highest BCUT2D eigenvalue weighted by atomic mass is 19.1. The summed E-state index contributed by atoms with van der Waals surface area (Å²) >= 11 is 0. The van der Waals surface area contributed by atoms with Crippen LogP contribution in [0.5, 0.6) is 5.75 Å². The number of fused-ring (bicyclic) bond motifs is 1. The second kappa shape index (κ2) is 5.17. The van der Waals surface area contributed by atoms with Crippen molar-refractivity contribution in [2.45, 2.75) is 6.61 Å². The Labute approximate surface area is 115 Å². The van der Waals surface area contributed by atoms with Gasteiger partial charge in [0, 0.05) is 23.3 Å². The number of aromatic nitrogens is 1. The summed E-state index contributed by atoms with van der Waals surface area (Å²) < 4.78 is 19.1. The minimum atomic E-state index is -0.451. The van der Waals surface area contributed by atoms with E-state index in [-0.39, 0.29) is 5.75 Å². The average molecular weight is 268 g/mol. The number of pyridine rings is 1. The number of nitrogens with zero attached hydrogens (tertiary/aromatic N) is 1. The summed E-state index contributed by atoms with van der Waals surface area (Å²) in [6.45, 7) is 0.297. The van der Waals surface area contributed by atoms with Crippen molar-refractivity contribution >= 4 is 16.6 Å². The zero-order valence-electron chi connectivity index (χ0n) is 10.7. The Morgan fingerprint density at radius 2 is 2.00 bits per heavy atom. The SMILES string of the molecule is Nc1ccc(OCc2ccc3ncccc3c2)c(F)c1. The lowest BCUT2D eigenvalue weighted by molar-refractivity contribution is 0.290. The predicted molar refractivity (Wildman–Crippen MR) is 76.9 cm³/mol. The van der Waals surface area contributed by atoms with Crippen molar-refractivity contribution in [1.29, 1.82) is 0 Å². The van der Waals surface area contributed by atoms with Gasteiger partial charge in [-0.25, -0.2) is 4.39 Å². The van der Waals surface area contributed by atoms with Crippen LogP contribution < -0.4 is 10.5 Å². The molecule has 3 aromatic rings. The Morgan fingerprint density at radius 1 is 1.10 bits per heavy atom. The van der Waals surface area contributed by atoms with E-state index in [9.17, 15) is 4.39 Å². The van der Waals surface area contributed by atoms with Gasteiger partial charge in [-0.3, -0.25) is 4.98 Å². The monoisotopic (exact) mass is 268 g/mol. The number of hydrogen-bond donors (Lipinski definition) is 1. The van der Waals surface area contributed by atoms with Gasteiger partial charge < -0.3 is 10.5 Å². The zero-order valence-corrected chi connectivity index (χ0v) is 10.7. The molecule has 2 aromatic carbocycles. The molecule has 20 heavy (non-hydrogen) atoms. The van der Waals surface area contributed by atoms with Crippen molar-refractivity contribution < 1.29 is 9.13 Å². The molecule has 0 aliphatic heterocycles. The van der Waals surface area contributed by atoms with Crippen molar-refractivity contribution in [2.75, 3.05) is 5.73 Å². The maximum Gasteiger partial charge on any atom is 0.167 e. The normalized spacial score (nSPS) is 10.7. The predicted octanol–water partition coefficient (Wildman–Crippen LogP) is 3.54. The third-order valence-electron chi connectivity index (χ3n) is 3.02. The first-order chi connectivity index (χ1) is 9.72. The van der Waals surface area contributed by atoms with Crippen molar-refractivity contribution in [3.8, 4) is 5.75 Å². The van der Waals surface area contributed by atoms with Gasteiger partial charge in [0.2, 0.25) is 0 Å². The second-order valence-corrected chi connectivity index (χ2v) is 4.51. The average Bonchev–Trinajstić information content (AvgIpc) is 2.46. The number of benzene rings is 2. The largest absolute Gasteiger partial charge is 0.486 e. The molecule has 0 radical (unpaired) electrons. The van der Waals surface area contributed by atoms with Crippen LogP contribution in [-0.2, 0) is 6.61 Å². The number of halogens is 1. The third-order valence-corrected chi connectivity index (χ3v) is 3.02. The Morgan fingerprint density at radius 3 is 2.85 bits per heavy atom. The molecule has 100 valence electrons. The topological polar surface area (TPSA) is 48.1 Å². The van der Waals surface area contributed by atoms with Gasteiger partial charge in [0.25, 0.3) is 0 Å². The molecule has 0 amide bonds. The van der Waals surface area contributed by atoms with Crippen LogP contribution in [0.25, 0.3) is 10.9 Å². The summed E-state index contributed by atoms with van der Waals surface area (Å²) in [5, 5.41) is 1.03. The first-order valence-electron chi connectivity index (χ1n) is 6.24. The van der Waals surface area contributed by atoms with E-state index in [1.807, 2.05) is 30.3 Å². The lowest BCUT2D eigenvalue weighted by Gasteiger charge is -2.08. The van der Waals surface area contributed by atoms with Crippen LogP contribution >= 0.6 is 0 Å². The first kappa shape index (κ1) is 12.4. The zero-order chi connectivity index (χ0) is 13.9. The molecular formula is C16H13FN2O. The fourth-order valence-corrected chi connectivity index (χ4v) is 2.01. The smallest absolute Gasteiger partial charge is 0.167 e. The van der Waals surface area contributed by atoms with Crippen molar-refractivity contribution in [3.05, 3.63) is 66.1 Å². The molecule has 3 nitrogen and oxygen atoms in total. The van der Waals surface area contributed by atoms with Crippen molar-refractivity contribution in [2.24, 2.45) is 0 Å². The number of nitrogens with two attached hydrogens (primary N) is 1. The molecule has 4 heteroatoms. The van der Waals surface area contributed by atoms with Crippen LogP contribution in [0.3, 0.4) is 0 Å². The van der Waals surface area contributed by atoms with Crippen LogP contribution in [-0.4, -0.2) is 4.98 Å². The van der Waals surface area contributed by atoms with E-state index in [1.54, 1.807) is 12.3 Å². The van der Waals surface area contributed by atoms with E-state index in [1.165, 1.54) is 12.1 Å². The Kier molecular flexibility index (Phi) is 3.21. The summed E-state index contributed by atoms with van der Waals surface area (Å²) in [6.07, 6.45) is 1.75. The molecule has 0 aliphatic rings. The minimum absolute atomic E-state index is 0.200. The van der Waals surface area contributed by atoms with Gasteiger partial charge in [0.1, 0.15) is 6.61 Å². The van der Waals surface area contributed by atoms with Gasteiger partial charge in [0.05, 0.1) is 5.52 Å². The van der Waals surface area contributed by atoms with Gasteiger partial charge in [-0.05, 0) is 35.9 Å². The number of rotatable bonds is 3. The molecule has 0 fully saturated rings. The van der Waals surface area contributed by atoms with Crippen LogP contribution in [0.4, 0.5) is 10.1 Å². The fourth-order valence-electron chi connectivity index (χ4n) is 2.01. The minimum Gasteiger partial charge on any atom is -0.486 e. The third kappa shape index (κ3) is 2.54. The number of ether oxygens (including phenoxy) is 1. The van der Waals surface area contributed by atoms with Gasteiger partial charge in [-0.1, -0.05) is 12.1 Å². The summed E-state index contributed by atoms with van der Waals surface area (Å²) in [7, 11) is 0. The summed E-state index contributed by atoms with van der Waals surface area (Å²) in [5.41, 5.74) is 7.76. The molecule has 1 heterocycles. The van der Waals surface area contributed by atoms with Gasteiger partial charge in [-0.2, -0.15) is 0 Å². The molecule has 0 atom stereocenters. The van der Waals surface area contributed by atoms with Crippen LogP contribution in [0.2, 0.25) is 0 Å². The Bertz CT molecular complexity index is 758. The van der Waals surface area contributed by atoms with Gasteiger partial charge in [0.15, 0.2) is 11.6 Å². The molecule has 3 rings (SSSR count). The Hall–Kier alpha value is -2.62. The molecule has 0 unspecified atom stereocenters. The van der Waals surface area contributed by atoms with E-state index < -0.39 is 5.82 Å². The molecular weight excluding hydrogens is 255 g/mol. The molecule has 0 aliphatic carbocycles. The fraction of sp³-hybridized carbons (Fsp3) is 0.0625. The van der Waals surface area contributed by atoms with E-state index in [4.69, 9.17) is 10.5 Å². The van der Waals surface area contributed by atoms with Gasteiger partial charge >= 0.3 is 0 Å². The van der Waals surface area contributed by atoms with Crippen molar-refractivity contribution in [1.82, 2.24) is 4.98 Å². The second-order valence-electron chi connectivity index (χ2n) is 4.51. The maximum atomic E-state index is 13.6. The maximum absolute atomic E-state index is 13.6. The first-order valence-corrected chi connectivity index (χ1v) is 6.24. The molecule has 2 N–H and O–H groups in total. The number of hydrogen-bond acceptors (Lipinski definition) is 3. The quantitative estimate of drug-likeness (QED) is 0.739. The number of anilines is 1.